The lowest BCUT2D eigenvalue weighted by atomic mass is 10.1. The fraction of sp³-hybridized carbons (Fsp3) is 0.294. The summed E-state index contributed by atoms with van der Waals surface area (Å²) in [5, 5.41) is 9.29. The van der Waals surface area contributed by atoms with Gasteiger partial charge in [0.25, 0.3) is 5.91 Å². The van der Waals surface area contributed by atoms with E-state index in [2.05, 4.69) is 0 Å². The Labute approximate surface area is 129 Å². The highest BCUT2D eigenvalue weighted by molar-refractivity contribution is 5.97. The molecule has 22 heavy (non-hydrogen) atoms. The van der Waals surface area contributed by atoms with Crippen LogP contribution in [-0.4, -0.2) is 27.9 Å². The number of amides is 1. The summed E-state index contributed by atoms with van der Waals surface area (Å²) in [4.78, 5) is 25.4. The molecule has 0 saturated heterocycles. The summed E-state index contributed by atoms with van der Waals surface area (Å²) in [5.41, 5.74) is 1.30. The summed E-state index contributed by atoms with van der Waals surface area (Å²) in [6, 6.07) is 10.00. The van der Waals surface area contributed by atoms with E-state index in [0.29, 0.717) is 17.7 Å². The zero-order valence-corrected chi connectivity index (χ0v) is 12.7. The molecular weight excluding hydrogens is 282 g/mol. The number of carboxylic acids is 1. The predicted octanol–water partition coefficient (Wildman–Crippen LogP) is 2.96. The molecule has 1 atom stereocenters. The zero-order valence-electron chi connectivity index (χ0n) is 12.7. The van der Waals surface area contributed by atoms with Crippen molar-refractivity contribution in [3.05, 3.63) is 59.5 Å². The van der Waals surface area contributed by atoms with Crippen LogP contribution in [0.5, 0.6) is 0 Å². The second kappa shape index (κ2) is 6.93. The number of hydrogen-bond donors (Lipinski definition) is 1. The Bertz CT molecular complexity index is 648. The molecule has 0 unspecified atom stereocenters. The Morgan fingerprint density at radius 3 is 2.50 bits per heavy atom. The first kappa shape index (κ1) is 15.8. The summed E-state index contributed by atoms with van der Waals surface area (Å²) >= 11 is 0. The maximum Gasteiger partial charge on any atom is 0.326 e. The van der Waals surface area contributed by atoms with E-state index in [0.717, 1.165) is 5.56 Å². The van der Waals surface area contributed by atoms with Gasteiger partial charge in [-0.2, -0.15) is 0 Å². The molecule has 1 aromatic heterocycles. The van der Waals surface area contributed by atoms with Crippen LogP contribution < -0.4 is 0 Å². The lowest BCUT2D eigenvalue weighted by molar-refractivity contribution is -0.141. The summed E-state index contributed by atoms with van der Waals surface area (Å²) in [6.07, 6.45) is 2.03. The van der Waals surface area contributed by atoms with Crippen LogP contribution in [-0.2, 0) is 17.8 Å². The van der Waals surface area contributed by atoms with Crippen LogP contribution in [0.3, 0.4) is 0 Å². The Morgan fingerprint density at radius 2 is 1.91 bits per heavy atom. The number of furan rings is 1. The second-order valence-corrected chi connectivity index (χ2v) is 5.04. The minimum absolute atomic E-state index is 0.238. The summed E-state index contributed by atoms with van der Waals surface area (Å²) in [7, 11) is 0. The number of aryl methyl sites for hydroxylation is 1. The summed E-state index contributed by atoms with van der Waals surface area (Å²) in [6.45, 7) is 3.63. The summed E-state index contributed by atoms with van der Waals surface area (Å²) in [5.74, 6) is -0.796. The van der Waals surface area contributed by atoms with Crippen LogP contribution in [0.25, 0.3) is 0 Å². The highest BCUT2D eigenvalue weighted by Gasteiger charge is 2.28. The van der Waals surface area contributed by atoms with Gasteiger partial charge in [-0.3, -0.25) is 4.79 Å². The Balaban J connectivity index is 2.32. The Kier molecular flexibility index (Phi) is 4.99. The zero-order chi connectivity index (χ0) is 16.1. The highest BCUT2D eigenvalue weighted by atomic mass is 16.4. The average molecular weight is 301 g/mol. The molecule has 1 heterocycles. The van der Waals surface area contributed by atoms with E-state index in [1.165, 1.54) is 18.1 Å². The van der Waals surface area contributed by atoms with E-state index < -0.39 is 12.0 Å². The molecule has 0 aliphatic heterocycles. The van der Waals surface area contributed by atoms with Crippen molar-refractivity contribution in [3.63, 3.8) is 0 Å². The molecule has 0 radical (unpaired) electrons. The Morgan fingerprint density at radius 1 is 1.23 bits per heavy atom. The first-order valence-electron chi connectivity index (χ1n) is 7.18. The molecule has 0 saturated carbocycles. The molecule has 1 N–H and O–H groups in total. The number of carbonyl (C=O) groups excluding carboxylic acids is 1. The number of nitrogens with zero attached hydrogens (tertiary/aromatic N) is 1. The van der Waals surface area contributed by atoms with Gasteiger partial charge in [-0.05, 0) is 18.6 Å². The van der Waals surface area contributed by atoms with Crippen LogP contribution >= 0.6 is 0 Å². The van der Waals surface area contributed by atoms with E-state index in [4.69, 9.17) is 4.42 Å². The van der Waals surface area contributed by atoms with Gasteiger partial charge >= 0.3 is 5.97 Å². The maximum absolute atomic E-state index is 12.7. The standard InChI is InChI=1S/C17H19NO4/c1-3-15-14(9-10-22-15)16(19)18(12(2)17(20)21)11-13-7-5-4-6-8-13/h4-10,12H,3,11H2,1-2H3,(H,20,21)/t12-/m1/s1. The molecule has 0 fully saturated rings. The van der Waals surface area contributed by atoms with E-state index in [1.807, 2.05) is 37.3 Å². The van der Waals surface area contributed by atoms with Crippen LogP contribution in [0.1, 0.15) is 35.5 Å². The van der Waals surface area contributed by atoms with Crippen LogP contribution in [0.15, 0.2) is 47.1 Å². The van der Waals surface area contributed by atoms with Crippen molar-refractivity contribution in [2.75, 3.05) is 0 Å². The first-order chi connectivity index (χ1) is 10.5. The van der Waals surface area contributed by atoms with E-state index in [1.54, 1.807) is 6.07 Å². The lowest BCUT2D eigenvalue weighted by Gasteiger charge is -2.26. The monoisotopic (exact) mass is 301 g/mol. The van der Waals surface area contributed by atoms with Gasteiger partial charge in [0.05, 0.1) is 11.8 Å². The number of benzene rings is 1. The minimum Gasteiger partial charge on any atom is -0.480 e. The van der Waals surface area contributed by atoms with Gasteiger partial charge in [0.2, 0.25) is 0 Å². The highest BCUT2D eigenvalue weighted by Crippen LogP contribution is 2.18. The van der Waals surface area contributed by atoms with Gasteiger partial charge in [-0.15, -0.1) is 0 Å². The molecular formula is C17H19NO4. The second-order valence-electron chi connectivity index (χ2n) is 5.04. The van der Waals surface area contributed by atoms with Crippen LogP contribution in [0, 0.1) is 0 Å². The number of carboxylic acid groups (broad SMARTS) is 1. The van der Waals surface area contributed by atoms with Gasteiger partial charge in [0.15, 0.2) is 0 Å². The van der Waals surface area contributed by atoms with E-state index >= 15 is 0 Å². The number of hydrogen-bond acceptors (Lipinski definition) is 3. The largest absolute Gasteiger partial charge is 0.480 e. The fourth-order valence-corrected chi connectivity index (χ4v) is 2.26. The van der Waals surface area contributed by atoms with Gasteiger partial charge in [-0.1, -0.05) is 37.3 Å². The average Bonchev–Trinajstić information content (AvgIpc) is 3.00. The maximum atomic E-state index is 12.7. The van der Waals surface area contributed by atoms with Crippen molar-refractivity contribution in [1.82, 2.24) is 4.90 Å². The van der Waals surface area contributed by atoms with Crippen molar-refractivity contribution in [3.8, 4) is 0 Å². The molecule has 2 rings (SSSR count). The number of carbonyl (C=O) groups is 2. The molecule has 5 nitrogen and oxygen atoms in total. The smallest absolute Gasteiger partial charge is 0.326 e. The molecule has 5 heteroatoms. The minimum atomic E-state index is -1.04. The molecule has 0 bridgehead atoms. The topological polar surface area (TPSA) is 70.8 Å². The number of aliphatic carboxylic acids is 1. The van der Waals surface area contributed by atoms with Gasteiger partial charge in [-0.25, -0.2) is 4.79 Å². The van der Waals surface area contributed by atoms with Crippen molar-refractivity contribution in [2.24, 2.45) is 0 Å². The van der Waals surface area contributed by atoms with Crippen LogP contribution in [0.2, 0.25) is 0 Å². The van der Waals surface area contributed by atoms with Crippen LogP contribution in [0.4, 0.5) is 0 Å². The third kappa shape index (κ3) is 3.36. The molecule has 0 aliphatic rings. The predicted molar refractivity (Wildman–Crippen MR) is 81.5 cm³/mol. The molecule has 1 amide bonds. The molecule has 1 aromatic carbocycles. The molecule has 116 valence electrons. The van der Waals surface area contributed by atoms with Gasteiger partial charge in [0, 0.05) is 13.0 Å². The SMILES string of the molecule is CCc1occc1C(=O)N(Cc1ccccc1)[C@H](C)C(=O)O. The van der Waals surface area contributed by atoms with Crippen molar-refractivity contribution in [1.29, 1.82) is 0 Å². The third-order valence-electron chi connectivity index (χ3n) is 3.58. The molecule has 0 aliphatic carbocycles. The quantitative estimate of drug-likeness (QED) is 0.890. The Hall–Kier alpha value is -2.56. The normalized spacial score (nSPS) is 11.9. The lowest BCUT2D eigenvalue weighted by Crippen LogP contribution is -2.42. The van der Waals surface area contributed by atoms with E-state index in [9.17, 15) is 14.7 Å². The summed E-state index contributed by atoms with van der Waals surface area (Å²) < 4.78 is 5.28. The van der Waals surface area contributed by atoms with Crippen molar-refractivity contribution < 1.29 is 19.1 Å². The fourth-order valence-electron chi connectivity index (χ4n) is 2.26. The first-order valence-corrected chi connectivity index (χ1v) is 7.18. The molecule has 2 aromatic rings. The van der Waals surface area contributed by atoms with Gasteiger partial charge < -0.3 is 14.4 Å². The van der Waals surface area contributed by atoms with E-state index in [-0.39, 0.29) is 12.5 Å². The van der Waals surface area contributed by atoms with Crippen molar-refractivity contribution >= 4 is 11.9 Å². The molecule has 0 spiro atoms. The van der Waals surface area contributed by atoms with Crippen molar-refractivity contribution in [2.45, 2.75) is 32.9 Å². The number of rotatable bonds is 6. The van der Waals surface area contributed by atoms with Gasteiger partial charge in [0.1, 0.15) is 11.8 Å². The third-order valence-corrected chi connectivity index (χ3v) is 3.58.